The summed E-state index contributed by atoms with van der Waals surface area (Å²) in [5, 5.41) is 14.1. The number of ether oxygens (including phenoxy) is 2. The van der Waals surface area contributed by atoms with Gasteiger partial charge >= 0.3 is 0 Å². The van der Waals surface area contributed by atoms with Crippen LogP contribution in [0.1, 0.15) is 18.4 Å². The van der Waals surface area contributed by atoms with Gasteiger partial charge in [-0.25, -0.2) is 0 Å². The highest BCUT2D eigenvalue weighted by atomic mass is 16.7. The predicted molar refractivity (Wildman–Crippen MR) is 65.5 cm³/mol. The van der Waals surface area contributed by atoms with Gasteiger partial charge in [-0.2, -0.15) is 0 Å². The molecule has 1 aliphatic rings. The normalized spacial score (nSPS) is 14.5. The van der Waals surface area contributed by atoms with E-state index in [4.69, 9.17) is 9.47 Å². The number of methoxy groups -OCH3 is 1. The van der Waals surface area contributed by atoms with E-state index in [0.717, 1.165) is 5.56 Å². The lowest BCUT2D eigenvalue weighted by atomic mass is 10.1. The predicted octanol–water partition coefficient (Wildman–Crippen LogP) is 1.83. The number of hydrogen-bond donors (Lipinski definition) is 1. The molecule has 1 aromatic carbocycles. The first-order valence-electron chi connectivity index (χ1n) is 5.83. The third kappa shape index (κ3) is 3.41. The number of rotatable bonds is 7. The van der Waals surface area contributed by atoms with Gasteiger partial charge in [0.15, 0.2) is 6.79 Å². The van der Waals surface area contributed by atoms with Crippen LogP contribution in [0.2, 0.25) is 0 Å². The van der Waals surface area contributed by atoms with Gasteiger partial charge in [0, 0.05) is 37.4 Å². The van der Waals surface area contributed by atoms with Crippen LogP contribution >= 0.6 is 0 Å². The van der Waals surface area contributed by atoms with Gasteiger partial charge in [-0.1, -0.05) is 0 Å². The van der Waals surface area contributed by atoms with E-state index < -0.39 is 4.92 Å². The monoisotopic (exact) mass is 252 g/mol. The first-order valence-corrected chi connectivity index (χ1v) is 5.83. The maximum absolute atomic E-state index is 10.7. The van der Waals surface area contributed by atoms with Crippen molar-refractivity contribution >= 4 is 5.69 Å². The molecule has 0 amide bonds. The molecule has 0 radical (unpaired) electrons. The van der Waals surface area contributed by atoms with Crippen molar-refractivity contribution in [3.8, 4) is 5.75 Å². The molecule has 0 aliphatic heterocycles. The van der Waals surface area contributed by atoms with E-state index in [1.54, 1.807) is 12.1 Å². The van der Waals surface area contributed by atoms with Crippen LogP contribution in [0.4, 0.5) is 5.69 Å². The zero-order valence-electron chi connectivity index (χ0n) is 10.2. The molecule has 1 saturated carbocycles. The van der Waals surface area contributed by atoms with Crippen LogP contribution in [-0.4, -0.2) is 24.9 Å². The molecule has 6 heteroatoms. The van der Waals surface area contributed by atoms with Crippen molar-refractivity contribution in [2.24, 2.45) is 0 Å². The highest BCUT2D eigenvalue weighted by Crippen LogP contribution is 2.26. The fraction of sp³-hybridized carbons (Fsp3) is 0.500. The molecule has 1 aromatic rings. The van der Waals surface area contributed by atoms with Crippen LogP contribution in [-0.2, 0) is 11.3 Å². The molecule has 0 bridgehead atoms. The second kappa shape index (κ2) is 5.79. The van der Waals surface area contributed by atoms with Crippen LogP contribution in [0.25, 0.3) is 0 Å². The van der Waals surface area contributed by atoms with Crippen molar-refractivity contribution in [2.45, 2.75) is 25.4 Å². The Morgan fingerprint density at radius 2 is 2.28 bits per heavy atom. The SMILES string of the molecule is COCOc1ccc([N+](=O)[O-])cc1CNC1CC1. The summed E-state index contributed by atoms with van der Waals surface area (Å²) in [7, 11) is 1.54. The summed E-state index contributed by atoms with van der Waals surface area (Å²) >= 11 is 0. The molecule has 2 rings (SSSR count). The molecule has 1 fully saturated rings. The Balaban J connectivity index is 2.11. The van der Waals surface area contributed by atoms with Crippen molar-refractivity contribution < 1.29 is 14.4 Å². The second-order valence-electron chi connectivity index (χ2n) is 4.26. The molecule has 0 aromatic heterocycles. The highest BCUT2D eigenvalue weighted by Gasteiger charge is 2.21. The fourth-order valence-corrected chi connectivity index (χ4v) is 1.62. The smallest absolute Gasteiger partial charge is 0.270 e. The Morgan fingerprint density at radius 1 is 1.50 bits per heavy atom. The van der Waals surface area contributed by atoms with Gasteiger partial charge in [0.05, 0.1) is 4.92 Å². The average Bonchev–Trinajstić information content (AvgIpc) is 3.18. The van der Waals surface area contributed by atoms with Gasteiger partial charge in [-0.05, 0) is 18.9 Å². The van der Waals surface area contributed by atoms with E-state index >= 15 is 0 Å². The van der Waals surface area contributed by atoms with E-state index in [-0.39, 0.29) is 12.5 Å². The standard InChI is InChI=1S/C12H16N2O4/c1-17-8-18-12-5-4-11(14(15)16)6-9(12)7-13-10-2-3-10/h4-6,10,13H,2-3,7-8H2,1H3. The number of benzene rings is 1. The number of nitro groups is 1. The average molecular weight is 252 g/mol. The van der Waals surface area contributed by atoms with Crippen LogP contribution in [0, 0.1) is 10.1 Å². The van der Waals surface area contributed by atoms with Crippen LogP contribution in [0.15, 0.2) is 18.2 Å². The number of non-ortho nitro benzene ring substituents is 1. The summed E-state index contributed by atoms with van der Waals surface area (Å²) in [6.45, 7) is 0.708. The van der Waals surface area contributed by atoms with Gasteiger partial charge in [0.2, 0.25) is 0 Å². The molecule has 6 nitrogen and oxygen atoms in total. The molecule has 1 N–H and O–H groups in total. The Morgan fingerprint density at radius 3 is 2.89 bits per heavy atom. The Hall–Kier alpha value is -1.66. The van der Waals surface area contributed by atoms with Crippen molar-refractivity contribution in [3.05, 3.63) is 33.9 Å². The molecule has 0 atom stereocenters. The van der Waals surface area contributed by atoms with Gasteiger partial charge in [-0.3, -0.25) is 10.1 Å². The van der Waals surface area contributed by atoms with E-state index in [2.05, 4.69) is 5.32 Å². The maximum Gasteiger partial charge on any atom is 0.270 e. The first kappa shape index (κ1) is 12.8. The minimum Gasteiger partial charge on any atom is -0.467 e. The summed E-state index contributed by atoms with van der Waals surface area (Å²) in [5.41, 5.74) is 0.862. The van der Waals surface area contributed by atoms with Crippen LogP contribution in [0.3, 0.4) is 0 Å². The molecule has 0 spiro atoms. The number of hydrogen-bond acceptors (Lipinski definition) is 5. The van der Waals surface area contributed by atoms with Crippen molar-refractivity contribution in [2.75, 3.05) is 13.9 Å². The first-order chi connectivity index (χ1) is 8.70. The lowest BCUT2D eigenvalue weighted by molar-refractivity contribution is -0.384. The lowest BCUT2D eigenvalue weighted by Gasteiger charge is -2.11. The number of nitrogens with zero attached hydrogens (tertiary/aromatic N) is 1. The van der Waals surface area contributed by atoms with Crippen molar-refractivity contribution in [3.63, 3.8) is 0 Å². The Kier molecular flexibility index (Phi) is 4.11. The van der Waals surface area contributed by atoms with E-state index in [1.807, 2.05) is 0 Å². The molecule has 18 heavy (non-hydrogen) atoms. The molecular weight excluding hydrogens is 236 g/mol. The third-order valence-corrected chi connectivity index (χ3v) is 2.75. The minimum atomic E-state index is -0.402. The quantitative estimate of drug-likeness (QED) is 0.455. The summed E-state index contributed by atoms with van der Waals surface area (Å²) in [5.74, 6) is 0.621. The second-order valence-corrected chi connectivity index (χ2v) is 4.26. The summed E-state index contributed by atoms with van der Waals surface area (Å²) < 4.78 is 10.2. The summed E-state index contributed by atoms with van der Waals surface area (Å²) in [4.78, 5) is 10.3. The maximum atomic E-state index is 10.7. The zero-order valence-corrected chi connectivity index (χ0v) is 10.2. The third-order valence-electron chi connectivity index (χ3n) is 2.75. The van der Waals surface area contributed by atoms with Crippen molar-refractivity contribution in [1.29, 1.82) is 0 Å². The Labute approximate surface area is 105 Å². The van der Waals surface area contributed by atoms with E-state index in [1.165, 1.54) is 26.0 Å². The Bertz CT molecular complexity index is 432. The topological polar surface area (TPSA) is 73.6 Å². The summed E-state index contributed by atoms with van der Waals surface area (Å²) in [6.07, 6.45) is 2.34. The minimum absolute atomic E-state index is 0.0763. The number of nitro benzene ring substituents is 1. The van der Waals surface area contributed by atoms with Gasteiger partial charge in [0.25, 0.3) is 5.69 Å². The van der Waals surface area contributed by atoms with E-state index in [9.17, 15) is 10.1 Å². The molecule has 0 unspecified atom stereocenters. The highest BCUT2D eigenvalue weighted by molar-refractivity contribution is 5.43. The zero-order chi connectivity index (χ0) is 13.0. The molecule has 98 valence electrons. The van der Waals surface area contributed by atoms with Crippen LogP contribution in [0.5, 0.6) is 5.75 Å². The van der Waals surface area contributed by atoms with Gasteiger partial charge in [-0.15, -0.1) is 0 Å². The molecule has 0 saturated heterocycles. The fourth-order valence-electron chi connectivity index (χ4n) is 1.62. The lowest BCUT2D eigenvalue weighted by Crippen LogP contribution is -2.16. The van der Waals surface area contributed by atoms with Crippen molar-refractivity contribution in [1.82, 2.24) is 5.32 Å². The molecular formula is C12H16N2O4. The van der Waals surface area contributed by atoms with E-state index in [0.29, 0.717) is 18.3 Å². The van der Waals surface area contributed by atoms with Gasteiger partial charge in [0.1, 0.15) is 5.75 Å². The van der Waals surface area contributed by atoms with Crippen LogP contribution < -0.4 is 10.1 Å². The summed E-state index contributed by atoms with van der Waals surface area (Å²) in [6, 6.07) is 5.13. The molecule has 0 heterocycles. The largest absolute Gasteiger partial charge is 0.467 e. The van der Waals surface area contributed by atoms with Gasteiger partial charge < -0.3 is 14.8 Å². The number of nitrogens with one attached hydrogen (secondary N) is 1. The molecule has 1 aliphatic carbocycles.